The Balaban J connectivity index is 2.62. The van der Waals surface area contributed by atoms with E-state index in [1.54, 1.807) is 12.1 Å². The number of aromatic amines is 2. The Kier molecular flexibility index (Phi) is 4.50. The lowest BCUT2D eigenvalue weighted by molar-refractivity contribution is 0.939. The molecule has 0 saturated carbocycles. The van der Waals surface area contributed by atoms with Crippen molar-refractivity contribution in [3.05, 3.63) is 55.7 Å². The molecule has 0 aliphatic carbocycles. The molecule has 0 bridgehead atoms. The first kappa shape index (κ1) is 16.0. The first-order valence-corrected chi connectivity index (χ1v) is 7.62. The summed E-state index contributed by atoms with van der Waals surface area (Å²) in [7, 11) is 0. The molecule has 8 heteroatoms. The molecule has 0 fully saturated rings. The summed E-state index contributed by atoms with van der Waals surface area (Å²) in [4.78, 5) is 34.5. The molecular weight excluding hydrogens is 308 g/mol. The Morgan fingerprint density at radius 1 is 0.792 bits per heavy atom. The predicted molar refractivity (Wildman–Crippen MR) is 92.9 cm³/mol. The summed E-state index contributed by atoms with van der Waals surface area (Å²) in [5, 5.41) is 7.54. The van der Waals surface area contributed by atoms with Gasteiger partial charge >= 0.3 is 0 Å². The Morgan fingerprint density at radius 3 is 1.58 bits per heavy atom. The second kappa shape index (κ2) is 6.73. The zero-order chi connectivity index (χ0) is 17.1. The van der Waals surface area contributed by atoms with Crippen molar-refractivity contribution < 1.29 is 0 Å². The van der Waals surface area contributed by atoms with E-state index in [1.165, 1.54) is 12.4 Å². The van der Waals surface area contributed by atoms with Crippen LogP contribution in [-0.2, 0) is 0 Å². The Morgan fingerprint density at radius 2 is 1.21 bits per heavy atom. The van der Waals surface area contributed by atoms with E-state index in [-0.39, 0.29) is 21.6 Å². The van der Waals surface area contributed by atoms with Crippen molar-refractivity contribution in [3.63, 3.8) is 0 Å². The van der Waals surface area contributed by atoms with E-state index in [0.29, 0.717) is 47.7 Å². The molecule has 0 aliphatic heterocycles. The van der Waals surface area contributed by atoms with Crippen LogP contribution in [0.3, 0.4) is 0 Å². The van der Waals surface area contributed by atoms with Crippen LogP contribution in [0.4, 0.5) is 0 Å². The third-order valence-electron chi connectivity index (χ3n) is 3.73. The Labute approximate surface area is 135 Å². The summed E-state index contributed by atoms with van der Waals surface area (Å²) in [6.07, 6.45) is 2.96. The van der Waals surface area contributed by atoms with Crippen molar-refractivity contribution in [2.75, 3.05) is 26.2 Å². The highest BCUT2D eigenvalue weighted by Crippen LogP contribution is 2.05. The van der Waals surface area contributed by atoms with E-state index in [1.807, 2.05) is 0 Å². The molecule has 1 aromatic heterocycles. The smallest absolute Gasteiger partial charge is 0.198 e. The van der Waals surface area contributed by atoms with Crippen molar-refractivity contribution in [1.29, 1.82) is 0 Å². The molecule has 0 saturated heterocycles. The second-order valence-electron chi connectivity index (χ2n) is 5.26. The van der Waals surface area contributed by atoms with Crippen molar-refractivity contribution in [2.45, 2.75) is 0 Å². The normalized spacial score (nSPS) is 13.2. The minimum absolute atomic E-state index is 0.259. The maximum atomic E-state index is 12.9. The lowest BCUT2D eigenvalue weighted by Gasteiger charge is -2.03. The first-order valence-electron chi connectivity index (χ1n) is 7.62. The van der Waals surface area contributed by atoms with Crippen molar-refractivity contribution in [2.24, 2.45) is 21.5 Å². The molecule has 0 unspecified atom stereocenters. The summed E-state index contributed by atoms with van der Waals surface area (Å²) in [5.41, 5.74) is 10.5. The van der Waals surface area contributed by atoms with E-state index >= 15 is 0 Å². The van der Waals surface area contributed by atoms with Crippen LogP contribution in [0.5, 0.6) is 0 Å². The van der Waals surface area contributed by atoms with Crippen LogP contribution in [0.1, 0.15) is 0 Å². The van der Waals surface area contributed by atoms with Gasteiger partial charge in [0.25, 0.3) is 0 Å². The van der Waals surface area contributed by atoms with E-state index in [9.17, 15) is 9.59 Å². The monoisotopic (exact) mass is 326 g/mol. The van der Waals surface area contributed by atoms with Crippen molar-refractivity contribution >= 4 is 21.5 Å². The van der Waals surface area contributed by atoms with Crippen LogP contribution in [0.2, 0.25) is 0 Å². The number of nitrogens with two attached hydrogens (primary N) is 2. The number of rotatable bonds is 4. The van der Waals surface area contributed by atoms with E-state index in [0.717, 1.165) is 0 Å². The van der Waals surface area contributed by atoms with Gasteiger partial charge in [0, 0.05) is 25.5 Å². The molecular formula is C16H18N6O2. The first-order chi connectivity index (χ1) is 11.7. The second-order valence-corrected chi connectivity index (χ2v) is 5.26. The van der Waals surface area contributed by atoms with Gasteiger partial charge in [-0.25, -0.2) is 0 Å². The summed E-state index contributed by atoms with van der Waals surface area (Å²) in [6, 6.07) is 3.39. The highest BCUT2D eigenvalue weighted by Gasteiger charge is 2.13. The average Bonchev–Trinajstić information content (AvgIpc) is 2.62. The van der Waals surface area contributed by atoms with Gasteiger partial charge in [0.1, 0.15) is 0 Å². The van der Waals surface area contributed by atoms with Crippen LogP contribution in [0.15, 0.2) is 44.1 Å². The number of H-pyrrole nitrogens is 2. The molecule has 8 nitrogen and oxygen atoms in total. The molecule has 0 radical (unpaired) electrons. The SMILES string of the molecule is NCCN=c1ccc(=NCCN)c2c(=O)c3c[nH][nH]cc3c(=O)c12. The number of fused-ring (bicyclic) bond motifs is 2. The van der Waals surface area contributed by atoms with E-state index in [2.05, 4.69) is 20.2 Å². The summed E-state index contributed by atoms with van der Waals surface area (Å²) in [5.74, 6) is 0. The van der Waals surface area contributed by atoms with E-state index < -0.39 is 0 Å². The molecule has 2 aromatic carbocycles. The molecule has 0 atom stereocenters. The van der Waals surface area contributed by atoms with Crippen LogP contribution in [0.25, 0.3) is 21.5 Å². The van der Waals surface area contributed by atoms with Gasteiger partial charge in [0.05, 0.1) is 45.3 Å². The highest BCUT2D eigenvalue weighted by atomic mass is 16.1. The highest BCUT2D eigenvalue weighted by molar-refractivity contribution is 5.96. The third kappa shape index (κ3) is 2.61. The van der Waals surface area contributed by atoms with Gasteiger partial charge in [0.2, 0.25) is 0 Å². The number of hydrogen-bond donors (Lipinski definition) is 4. The number of benzene rings is 2. The van der Waals surface area contributed by atoms with Crippen LogP contribution < -0.4 is 33.0 Å². The molecule has 0 spiro atoms. The van der Waals surface area contributed by atoms with Crippen molar-refractivity contribution in [1.82, 2.24) is 10.2 Å². The fraction of sp³-hybridized carbons (Fsp3) is 0.250. The summed E-state index contributed by atoms with van der Waals surface area (Å²) < 4.78 is 0. The molecule has 0 aliphatic rings. The minimum Gasteiger partial charge on any atom is -0.329 e. The lowest BCUT2D eigenvalue weighted by atomic mass is 10.0. The van der Waals surface area contributed by atoms with Gasteiger partial charge in [0.15, 0.2) is 10.9 Å². The minimum atomic E-state index is -0.259. The number of hydrogen-bond acceptors (Lipinski definition) is 6. The molecule has 124 valence electrons. The van der Waals surface area contributed by atoms with Crippen LogP contribution in [-0.4, -0.2) is 36.4 Å². The average molecular weight is 326 g/mol. The van der Waals surface area contributed by atoms with Gasteiger partial charge < -0.3 is 21.7 Å². The number of aromatic nitrogens is 2. The van der Waals surface area contributed by atoms with Gasteiger partial charge in [-0.3, -0.25) is 19.6 Å². The van der Waals surface area contributed by atoms with Crippen molar-refractivity contribution in [3.8, 4) is 0 Å². The number of nitrogens with zero attached hydrogens (tertiary/aromatic N) is 2. The standard InChI is InChI=1S/C16H18N6O2/c17-3-5-19-11-1-2-12(20-6-4-18)14-13(11)15(23)9-7-21-22-8-10(9)16(14)24/h1-2,7-8,21-22H,3-6,17-18H2. The summed E-state index contributed by atoms with van der Waals surface area (Å²) >= 11 is 0. The van der Waals surface area contributed by atoms with Gasteiger partial charge in [-0.1, -0.05) is 0 Å². The van der Waals surface area contributed by atoms with Gasteiger partial charge in [-0.2, -0.15) is 0 Å². The van der Waals surface area contributed by atoms with E-state index in [4.69, 9.17) is 11.5 Å². The van der Waals surface area contributed by atoms with Gasteiger partial charge in [-0.05, 0) is 12.1 Å². The van der Waals surface area contributed by atoms with Gasteiger partial charge in [-0.15, -0.1) is 0 Å². The zero-order valence-electron chi connectivity index (χ0n) is 13.0. The lowest BCUT2D eigenvalue weighted by Crippen LogP contribution is -2.27. The Hall–Kier alpha value is -2.84. The quantitative estimate of drug-likeness (QED) is 0.434. The maximum Gasteiger partial charge on any atom is 0.198 e. The van der Waals surface area contributed by atoms with Crippen LogP contribution in [0, 0.1) is 0 Å². The van der Waals surface area contributed by atoms with Crippen LogP contribution >= 0.6 is 0 Å². The number of nitrogens with one attached hydrogen (secondary N) is 2. The predicted octanol–water partition coefficient (Wildman–Crippen LogP) is -1.47. The molecule has 6 N–H and O–H groups in total. The zero-order valence-corrected chi connectivity index (χ0v) is 13.0. The Bertz CT molecular complexity index is 1040. The third-order valence-corrected chi connectivity index (χ3v) is 3.73. The molecule has 3 aromatic rings. The molecule has 0 amide bonds. The molecule has 1 heterocycles. The molecule has 24 heavy (non-hydrogen) atoms. The molecule has 3 rings (SSSR count). The fourth-order valence-corrected chi connectivity index (χ4v) is 2.70. The summed E-state index contributed by atoms with van der Waals surface area (Å²) in [6.45, 7) is 1.45. The fourth-order valence-electron chi connectivity index (χ4n) is 2.70. The largest absolute Gasteiger partial charge is 0.329 e. The maximum absolute atomic E-state index is 12.9. The topological polar surface area (TPSA) is 142 Å².